The number of unbranched alkanes of at least 4 members (excludes halogenated alkanes) is 2. The molecule has 1 aromatic rings. The quantitative estimate of drug-likeness (QED) is 0.710. The Morgan fingerprint density at radius 2 is 2.00 bits per heavy atom. The largest absolute Gasteiger partial charge is 0.508 e. The number of aromatic hydroxyl groups is 1. The van der Waals surface area contributed by atoms with E-state index in [2.05, 4.69) is 33.8 Å². The number of hydrogen-bond acceptors (Lipinski definition) is 2. The van der Waals surface area contributed by atoms with Crippen LogP contribution in [0.15, 0.2) is 12.1 Å². The molecule has 1 N–H and O–H groups in total. The first-order chi connectivity index (χ1) is 10.9. The van der Waals surface area contributed by atoms with Gasteiger partial charge in [0.05, 0.1) is 0 Å². The van der Waals surface area contributed by atoms with Gasteiger partial charge in [-0.2, -0.15) is 0 Å². The van der Waals surface area contributed by atoms with Crippen LogP contribution in [0.4, 0.5) is 0 Å². The van der Waals surface area contributed by atoms with Crippen molar-refractivity contribution in [1.29, 1.82) is 0 Å². The molecule has 0 saturated heterocycles. The van der Waals surface area contributed by atoms with Crippen molar-refractivity contribution in [2.45, 2.75) is 84.2 Å². The number of aryl methyl sites for hydroxylation is 1. The molecule has 1 aromatic carbocycles. The lowest BCUT2D eigenvalue weighted by Crippen LogP contribution is -2.46. The Balaban J connectivity index is 1.94. The average molecular weight is 316 g/mol. The molecule has 2 aliphatic rings. The summed E-state index contributed by atoms with van der Waals surface area (Å²) in [7, 11) is 0. The summed E-state index contributed by atoms with van der Waals surface area (Å²) in [6, 6.07) is 4.19. The Morgan fingerprint density at radius 1 is 1.22 bits per heavy atom. The monoisotopic (exact) mass is 316 g/mol. The first kappa shape index (κ1) is 16.7. The summed E-state index contributed by atoms with van der Waals surface area (Å²) in [5, 5.41) is 10.7. The lowest BCUT2D eigenvalue weighted by Gasteiger charge is -2.48. The molecule has 23 heavy (non-hydrogen) atoms. The van der Waals surface area contributed by atoms with Gasteiger partial charge in [0.25, 0.3) is 0 Å². The molecule has 1 aliphatic heterocycles. The average Bonchev–Trinajstić information content (AvgIpc) is 2.46. The van der Waals surface area contributed by atoms with E-state index in [4.69, 9.17) is 4.74 Å². The maximum Gasteiger partial charge on any atom is 0.127 e. The Kier molecular flexibility index (Phi) is 4.62. The molecule has 1 heterocycles. The van der Waals surface area contributed by atoms with Crippen LogP contribution in [0.2, 0.25) is 0 Å². The van der Waals surface area contributed by atoms with Crippen molar-refractivity contribution in [3.05, 3.63) is 23.3 Å². The van der Waals surface area contributed by atoms with Gasteiger partial charge in [-0.25, -0.2) is 0 Å². The predicted molar refractivity (Wildman–Crippen MR) is 95.3 cm³/mol. The number of hydrogen-bond donors (Lipinski definition) is 1. The first-order valence-corrected chi connectivity index (χ1v) is 9.47. The zero-order chi connectivity index (χ0) is 16.6. The highest BCUT2D eigenvalue weighted by atomic mass is 16.5. The summed E-state index contributed by atoms with van der Waals surface area (Å²) >= 11 is 0. The number of phenols is 1. The van der Waals surface area contributed by atoms with Gasteiger partial charge in [-0.15, -0.1) is 0 Å². The van der Waals surface area contributed by atoms with Gasteiger partial charge in [0, 0.05) is 11.5 Å². The van der Waals surface area contributed by atoms with Gasteiger partial charge in [0.1, 0.15) is 17.1 Å². The van der Waals surface area contributed by atoms with Crippen molar-refractivity contribution < 1.29 is 9.84 Å². The number of benzene rings is 1. The summed E-state index contributed by atoms with van der Waals surface area (Å²) in [6.45, 7) is 9.02. The number of rotatable bonds is 4. The highest BCUT2D eigenvalue weighted by molar-refractivity contribution is 5.52. The van der Waals surface area contributed by atoms with Crippen molar-refractivity contribution in [3.8, 4) is 11.5 Å². The third kappa shape index (κ3) is 3.22. The second-order valence-corrected chi connectivity index (χ2v) is 8.32. The topological polar surface area (TPSA) is 29.5 Å². The highest BCUT2D eigenvalue weighted by Gasteiger charge is 2.47. The third-order valence-electron chi connectivity index (χ3n) is 6.00. The molecule has 3 atom stereocenters. The van der Waals surface area contributed by atoms with Gasteiger partial charge in [-0.3, -0.25) is 0 Å². The van der Waals surface area contributed by atoms with Gasteiger partial charge >= 0.3 is 0 Å². The van der Waals surface area contributed by atoms with Gasteiger partial charge in [-0.05, 0) is 69.1 Å². The van der Waals surface area contributed by atoms with Crippen LogP contribution in [0.3, 0.4) is 0 Å². The van der Waals surface area contributed by atoms with Crippen molar-refractivity contribution in [3.63, 3.8) is 0 Å². The van der Waals surface area contributed by atoms with Crippen LogP contribution >= 0.6 is 0 Å². The minimum Gasteiger partial charge on any atom is -0.508 e. The Labute approximate surface area is 141 Å². The minimum atomic E-state index is -0.133. The lowest BCUT2D eigenvalue weighted by atomic mass is 9.64. The van der Waals surface area contributed by atoms with Crippen molar-refractivity contribution in [2.24, 2.45) is 11.8 Å². The second kappa shape index (κ2) is 6.37. The molecule has 0 amide bonds. The fourth-order valence-electron chi connectivity index (χ4n) is 4.74. The maximum absolute atomic E-state index is 10.7. The summed E-state index contributed by atoms with van der Waals surface area (Å²) in [5.41, 5.74) is 2.17. The van der Waals surface area contributed by atoms with Crippen LogP contribution in [-0.4, -0.2) is 10.7 Å². The molecule has 0 radical (unpaired) electrons. The molecule has 1 unspecified atom stereocenters. The van der Waals surface area contributed by atoms with Gasteiger partial charge < -0.3 is 9.84 Å². The smallest absolute Gasteiger partial charge is 0.127 e. The normalized spacial score (nSPS) is 28.6. The summed E-state index contributed by atoms with van der Waals surface area (Å²) in [6.07, 6.45) is 8.33. The van der Waals surface area contributed by atoms with E-state index in [0.717, 1.165) is 23.7 Å². The number of phenolic OH excluding ortho intramolecular Hbond substituents is 1. The van der Waals surface area contributed by atoms with E-state index in [9.17, 15) is 5.11 Å². The van der Waals surface area contributed by atoms with E-state index in [1.807, 2.05) is 6.07 Å². The fraction of sp³-hybridized carbons (Fsp3) is 0.714. The number of ether oxygens (including phenoxy) is 1. The Bertz CT molecular complexity index is 561. The molecule has 0 bridgehead atoms. The summed E-state index contributed by atoms with van der Waals surface area (Å²) in [5.74, 6) is 3.11. The van der Waals surface area contributed by atoms with Crippen LogP contribution in [0.1, 0.15) is 83.3 Å². The van der Waals surface area contributed by atoms with Crippen LogP contribution in [0, 0.1) is 11.8 Å². The Morgan fingerprint density at radius 3 is 2.74 bits per heavy atom. The summed E-state index contributed by atoms with van der Waals surface area (Å²) < 4.78 is 6.39. The third-order valence-corrected chi connectivity index (χ3v) is 6.00. The zero-order valence-corrected chi connectivity index (χ0v) is 15.2. The lowest BCUT2D eigenvalue weighted by molar-refractivity contribution is -0.0145. The van der Waals surface area contributed by atoms with E-state index in [1.54, 1.807) is 0 Å². The molecule has 1 saturated carbocycles. The van der Waals surface area contributed by atoms with Crippen molar-refractivity contribution in [2.75, 3.05) is 0 Å². The molecule has 1 fully saturated rings. The van der Waals surface area contributed by atoms with Crippen LogP contribution < -0.4 is 4.74 Å². The van der Waals surface area contributed by atoms with Crippen molar-refractivity contribution >= 4 is 0 Å². The van der Waals surface area contributed by atoms with Gasteiger partial charge in [0.2, 0.25) is 0 Å². The molecule has 1 aliphatic carbocycles. The van der Waals surface area contributed by atoms with E-state index >= 15 is 0 Å². The number of fused-ring (bicyclic) bond motifs is 3. The Hall–Kier alpha value is -1.18. The molecular weight excluding hydrogens is 284 g/mol. The van der Waals surface area contributed by atoms with Crippen LogP contribution in [-0.2, 0) is 6.42 Å². The molecule has 2 nitrogen and oxygen atoms in total. The molecule has 0 aromatic heterocycles. The van der Waals surface area contributed by atoms with Gasteiger partial charge in [0.15, 0.2) is 0 Å². The molecule has 128 valence electrons. The molecular formula is C21H32O2. The van der Waals surface area contributed by atoms with Crippen molar-refractivity contribution in [1.82, 2.24) is 0 Å². The maximum atomic E-state index is 10.7. The summed E-state index contributed by atoms with van der Waals surface area (Å²) in [4.78, 5) is 0. The molecule has 2 heteroatoms. The van der Waals surface area contributed by atoms with E-state index in [-0.39, 0.29) is 5.60 Å². The first-order valence-electron chi connectivity index (χ1n) is 9.47. The zero-order valence-electron chi connectivity index (χ0n) is 15.2. The van der Waals surface area contributed by atoms with Crippen LogP contribution in [0.5, 0.6) is 11.5 Å². The van der Waals surface area contributed by atoms with E-state index < -0.39 is 0 Å². The molecule has 3 rings (SSSR count). The standard InChI is InChI=1S/C21H32O2/c1-5-6-7-8-15-12-18(22)20-16-11-14(2)9-10-17(16)21(3,4)23-19(20)13-15/h12-14,16-17,22H,5-11H2,1-4H3/t14-,16?,17+/m0/s1. The van der Waals surface area contributed by atoms with E-state index in [1.165, 1.54) is 44.1 Å². The minimum absolute atomic E-state index is 0.133. The SMILES string of the molecule is CCCCCc1cc(O)c2c(c1)OC(C)(C)[C@@H]1CC[C@H](C)CC21. The molecule has 0 spiro atoms. The van der Waals surface area contributed by atoms with Crippen LogP contribution in [0.25, 0.3) is 0 Å². The van der Waals surface area contributed by atoms with Gasteiger partial charge in [-0.1, -0.05) is 33.1 Å². The second-order valence-electron chi connectivity index (χ2n) is 8.32. The fourth-order valence-corrected chi connectivity index (χ4v) is 4.74. The predicted octanol–water partition coefficient (Wildman–Crippen LogP) is 5.82. The highest BCUT2D eigenvalue weighted by Crippen LogP contribution is 2.55. The van der Waals surface area contributed by atoms with E-state index in [0.29, 0.717) is 17.6 Å².